The van der Waals surface area contributed by atoms with E-state index in [1.54, 1.807) is 0 Å². The molecule has 1 aromatic carbocycles. The molecule has 4 heteroatoms. The quantitative estimate of drug-likeness (QED) is 0.901. The lowest BCUT2D eigenvalue weighted by atomic mass is 9.99. The van der Waals surface area contributed by atoms with E-state index in [1.165, 1.54) is 16.7 Å². The molecule has 19 heavy (non-hydrogen) atoms. The maximum Gasteiger partial charge on any atom is 0.227 e. The Morgan fingerprint density at radius 2 is 2.00 bits per heavy atom. The molecule has 1 N–H and O–H groups in total. The Balaban J connectivity index is 0.00000180. The molecule has 1 heterocycles. The van der Waals surface area contributed by atoms with Crippen molar-refractivity contribution in [2.75, 3.05) is 19.6 Å². The van der Waals surface area contributed by atoms with E-state index < -0.39 is 0 Å². The van der Waals surface area contributed by atoms with E-state index in [1.807, 2.05) is 11.0 Å². The molecule has 1 amide bonds. The van der Waals surface area contributed by atoms with Gasteiger partial charge in [0.25, 0.3) is 0 Å². The molecule has 2 rings (SSSR count). The molecule has 1 aliphatic heterocycles. The average molecular weight is 283 g/mol. The molecule has 106 valence electrons. The largest absolute Gasteiger partial charge is 0.340 e. The van der Waals surface area contributed by atoms with Crippen molar-refractivity contribution in [2.45, 2.75) is 33.2 Å². The lowest BCUT2D eigenvalue weighted by molar-refractivity contribution is -0.131. The highest BCUT2D eigenvalue weighted by atomic mass is 35.5. The molecular weight excluding hydrogens is 260 g/mol. The summed E-state index contributed by atoms with van der Waals surface area (Å²) in [6.07, 6.45) is 0.533. The fourth-order valence-electron chi connectivity index (χ4n) is 2.55. The van der Waals surface area contributed by atoms with Crippen LogP contribution in [0.15, 0.2) is 18.2 Å². The van der Waals surface area contributed by atoms with Crippen LogP contribution < -0.4 is 5.32 Å². The van der Waals surface area contributed by atoms with Crippen LogP contribution in [0, 0.1) is 13.8 Å². The Morgan fingerprint density at radius 1 is 1.37 bits per heavy atom. The van der Waals surface area contributed by atoms with E-state index in [9.17, 15) is 4.79 Å². The molecule has 1 aromatic rings. The van der Waals surface area contributed by atoms with Crippen LogP contribution in [-0.4, -0.2) is 36.5 Å². The second-order valence-corrected chi connectivity index (χ2v) is 5.24. The molecule has 0 radical (unpaired) electrons. The summed E-state index contributed by atoms with van der Waals surface area (Å²) in [6, 6.07) is 6.61. The highest BCUT2D eigenvalue weighted by Crippen LogP contribution is 2.15. The van der Waals surface area contributed by atoms with Gasteiger partial charge in [0.1, 0.15) is 0 Å². The van der Waals surface area contributed by atoms with Crippen LogP contribution in [0.4, 0.5) is 0 Å². The Labute approximate surface area is 121 Å². The van der Waals surface area contributed by atoms with Crippen molar-refractivity contribution in [1.82, 2.24) is 10.2 Å². The number of hydrogen-bond acceptors (Lipinski definition) is 2. The molecule has 0 bridgehead atoms. The second-order valence-electron chi connectivity index (χ2n) is 5.24. The molecular formula is C15H23ClN2O. The van der Waals surface area contributed by atoms with Crippen molar-refractivity contribution >= 4 is 18.3 Å². The van der Waals surface area contributed by atoms with Gasteiger partial charge in [-0.15, -0.1) is 12.4 Å². The van der Waals surface area contributed by atoms with Crippen molar-refractivity contribution in [2.24, 2.45) is 0 Å². The third-order valence-electron chi connectivity index (χ3n) is 3.69. The predicted octanol–water partition coefficient (Wildman–Crippen LogP) is 2.09. The highest BCUT2D eigenvalue weighted by Gasteiger charge is 2.21. The lowest BCUT2D eigenvalue weighted by Gasteiger charge is -2.32. The van der Waals surface area contributed by atoms with Gasteiger partial charge in [-0.25, -0.2) is 0 Å². The minimum absolute atomic E-state index is 0. The molecule has 3 nitrogen and oxygen atoms in total. The number of carbonyl (C=O) groups is 1. The average Bonchev–Trinajstić information content (AvgIpc) is 2.34. The number of hydrogen-bond donors (Lipinski definition) is 1. The van der Waals surface area contributed by atoms with Crippen LogP contribution in [0.3, 0.4) is 0 Å². The molecule has 1 atom stereocenters. The number of halogens is 1. The van der Waals surface area contributed by atoms with Gasteiger partial charge >= 0.3 is 0 Å². The first kappa shape index (κ1) is 16.0. The normalized spacial score (nSPS) is 18.9. The third-order valence-corrected chi connectivity index (χ3v) is 3.69. The van der Waals surface area contributed by atoms with E-state index in [-0.39, 0.29) is 18.3 Å². The van der Waals surface area contributed by atoms with Gasteiger partial charge in [-0.3, -0.25) is 4.79 Å². The number of nitrogens with one attached hydrogen (secondary N) is 1. The summed E-state index contributed by atoms with van der Waals surface area (Å²) in [5.41, 5.74) is 3.62. The van der Waals surface area contributed by atoms with Gasteiger partial charge in [-0.05, 0) is 37.5 Å². The van der Waals surface area contributed by atoms with Crippen LogP contribution in [-0.2, 0) is 11.2 Å². The molecule has 0 spiro atoms. The Hall–Kier alpha value is -1.06. The fraction of sp³-hybridized carbons (Fsp3) is 0.533. The van der Waals surface area contributed by atoms with E-state index in [0.717, 1.165) is 19.6 Å². The van der Waals surface area contributed by atoms with Crippen molar-refractivity contribution in [3.63, 3.8) is 0 Å². The van der Waals surface area contributed by atoms with E-state index >= 15 is 0 Å². The lowest BCUT2D eigenvalue weighted by Crippen LogP contribution is -2.51. The van der Waals surface area contributed by atoms with Gasteiger partial charge in [-0.1, -0.05) is 18.2 Å². The minimum atomic E-state index is 0. The smallest absolute Gasteiger partial charge is 0.227 e. The van der Waals surface area contributed by atoms with Crippen molar-refractivity contribution in [3.05, 3.63) is 34.9 Å². The van der Waals surface area contributed by atoms with Crippen LogP contribution in [0.5, 0.6) is 0 Å². The molecule has 1 saturated heterocycles. The van der Waals surface area contributed by atoms with Crippen LogP contribution in [0.25, 0.3) is 0 Å². The SMILES string of the molecule is Cc1cccc(C)c1CC(=O)N1CCN[C@H](C)C1.Cl. The predicted molar refractivity (Wildman–Crippen MR) is 80.9 cm³/mol. The van der Waals surface area contributed by atoms with Crippen LogP contribution in [0.1, 0.15) is 23.6 Å². The Morgan fingerprint density at radius 3 is 2.58 bits per heavy atom. The van der Waals surface area contributed by atoms with Crippen LogP contribution in [0.2, 0.25) is 0 Å². The van der Waals surface area contributed by atoms with Crippen LogP contribution >= 0.6 is 12.4 Å². The van der Waals surface area contributed by atoms with E-state index in [2.05, 4.69) is 38.2 Å². The van der Waals surface area contributed by atoms with Crippen molar-refractivity contribution in [1.29, 1.82) is 0 Å². The summed E-state index contributed by atoms with van der Waals surface area (Å²) >= 11 is 0. The van der Waals surface area contributed by atoms with Gasteiger partial charge in [0.15, 0.2) is 0 Å². The summed E-state index contributed by atoms with van der Waals surface area (Å²) < 4.78 is 0. The van der Waals surface area contributed by atoms with Gasteiger partial charge in [0, 0.05) is 25.7 Å². The summed E-state index contributed by atoms with van der Waals surface area (Å²) in [5.74, 6) is 0.251. The van der Waals surface area contributed by atoms with Crippen molar-refractivity contribution in [3.8, 4) is 0 Å². The first-order valence-corrected chi connectivity index (χ1v) is 6.64. The standard InChI is InChI=1S/C15H22N2O.ClH/c1-11-5-4-6-12(2)14(11)9-15(18)17-8-7-16-13(3)10-17;/h4-6,13,16H,7-10H2,1-3H3;1H/t13-;/m1./s1. The first-order chi connectivity index (χ1) is 8.58. The number of carbonyl (C=O) groups excluding carboxylic acids is 1. The maximum absolute atomic E-state index is 12.3. The summed E-state index contributed by atoms with van der Waals surface area (Å²) in [6.45, 7) is 8.84. The first-order valence-electron chi connectivity index (χ1n) is 6.64. The summed E-state index contributed by atoms with van der Waals surface area (Å²) in [7, 11) is 0. The number of piperazine rings is 1. The minimum Gasteiger partial charge on any atom is -0.340 e. The van der Waals surface area contributed by atoms with Crippen molar-refractivity contribution < 1.29 is 4.79 Å². The molecule has 0 aromatic heterocycles. The summed E-state index contributed by atoms with van der Waals surface area (Å²) in [4.78, 5) is 14.3. The van der Waals surface area contributed by atoms with Gasteiger partial charge in [0.2, 0.25) is 5.91 Å². The van der Waals surface area contributed by atoms with Gasteiger partial charge in [-0.2, -0.15) is 0 Å². The van der Waals surface area contributed by atoms with E-state index in [4.69, 9.17) is 0 Å². The molecule has 0 aliphatic carbocycles. The number of amides is 1. The third kappa shape index (κ3) is 3.95. The summed E-state index contributed by atoms with van der Waals surface area (Å²) in [5, 5.41) is 3.36. The number of nitrogens with zero attached hydrogens (tertiary/aromatic N) is 1. The topological polar surface area (TPSA) is 32.3 Å². The molecule has 0 unspecified atom stereocenters. The van der Waals surface area contributed by atoms with Gasteiger partial charge < -0.3 is 10.2 Å². The fourth-order valence-corrected chi connectivity index (χ4v) is 2.55. The zero-order valence-electron chi connectivity index (χ0n) is 11.9. The Bertz CT molecular complexity index is 428. The maximum atomic E-state index is 12.3. The molecule has 1 fully saturated rings. The number of benzene rings is 1. The number of aryl methyl sites for hydroxylation is 2. The van der Waals surface area contributed by atoms with E-state index in [0.29, 0.717) is 12.5 Å². The second kappa shape index (κ2) is 6.92. The number of rotatable bonds is 2. The Kier molecular flexibility index (Phi) is 5.83. The zero-order chi connectivity index (χ0) is 13.1. The monoisotopic (exact) mass is 282 g/mol. The molecule has 0 saturated carbocycles. The highest BCUT2D eigenvalue weighted by molar-refractivity contribution is 5.85. The molecule has 1 aliphatic rings. The zero-order valence-corrected chi connectivity index (χ0v) is 12.7. The van der Waals surface area contributed by atoms with Gasteiger partial charge in [0.05, 0.1) is 6.42 Å².